The molecule has 2 aromatic carbocycles. The number of carboxylic acid groups (broad SMARTS) is 1. The summed E-state index contributed by atoms with van der Waals surface area (Å²) >= 11 is 0. The van der Waals surface area contributed by atoms with Gasteiger partial charge < -0.3 is 14.6 Å². The van der Waals surface area contributed by atoms with Crippen molar-refractivity contribution in [2.24, 2.45) is 0 Å². The zero-order chi connectivity index (χ0) is 35.3. The number of hydrogen-bond acceptors (Lipinski definition) is 4. The number of ether oxygens (including phenoxy) is 2. The molecule has 49 heavy (non-hydrogen) atoms. The van der Waals surface area contributed by atoms with Crippen LogP contribution in [0.2, 0.25) is 0 Å². The quantitative estimate of drug-likeness (QED) is 0.0900. The van der Waals surface area contributed by atoms with Crippen LogP contribution >= 0.6 is 0 Å². The van der Waals surface area contributed by atoms with E-state index in [4.69, 9.17) is 9.47 Å². The van der Waals surface area contributed by atoms with Crippen molar-refractivity contribution in [3.05, 3.63) is 72.4 Å². The zero-order valence-electron chi connectivity index (χ0n) is 29.5. The molecular formula is C41H56F3NO4. The normalized spacial score (nSPS) is 12.9. The van der Waals surface area contributed by atoms with Crippen molar-refractivity contribution < 1.29 is 32.5 Å². The van der Waals surface area contributed by atoms with Gasteiger partial charge in [-0.2, -0.15) is 13.2 Å². The third kappa shape index (κ3) is 15.4. The Hall–Kier alpha value is -3.39. The minimum atomic E-state index is -4.40. The summed E-state index contributed by atoms with van der Waals surface area (Å²) in [5, 5.41) is 9.23. The zero-order valence-corrected chi connectivity index (χ0v) is 29.5. The van der Waals surface area contributed by atoms with Gasteiger partial charge in [0, 0.05) is 30.9 Å². The van der Waals surface area contributed by atoms with Crippen molar-refractivity contribution in [1.82, 2.24) is 4.98 Å². The van der Waals surface area contributed by atoms with Crippen LogP contribution in [0.15, 0.2) is 66.9 Å². The Kier molecular flexibility index (Phi) is 18.3. The standard InChI is InChI=1S/C41H56F3NO4/c1-3-4-5-6-7-8-9-10-11-12-16-28-49-39-27-25-36(31-45-39)38-30-35(24-26-37(38)34-19-14-13-15-20-34)33(21-17-23-40(46)47)22-18-29-48-32(2)41(42,43)44/h13-15,19-20,24-27,30-33H,3-12,16-18,21-23,28-29H2,1-2H3,(H,46,47). The summed E-state index contributed by atoms with van der Waals surface area (Å²) in [7, 11) is 0. The monoisotopic (exact) mass is 683 g/mol. The first-order valence-corrected chi connectivity index (χ1v) is 18.4. The molecular weight excluding hydrogens is 627 g/mol. The van der Waals surface area contributed by atoms with Crippen LogP contribution in [0.3, 0.4) is 0 Å². The number of nitrogens with zero attached hydrogens (tertiary/aromatic N) is 1. The maximum atomic E-state index is 12.9. The third-order valence-corrected chi connectivity index (χ3v) is 9.11. The predicted octanol–water partition coefficient (Wildman–Crippen LogP) is 12.2. The van der Waals surface area contributed by atoms with E-state index >= 15 is 0 Å². The molecule has 270 valence electrons. The van der Waals surface area contributed by atoms with E-state index in [2.05, 4.69) is 42.2 Å². The molecule has 3 aromatic rings. The molecule has 1 heterocycles. The van der Waals surface area contributed by atoms with Gasteiger partial charge in [0.15, 0.2) is 6.10 Å². The van der Waals surface area contributed by atoms with Gasteiger partial charge in [0.1, 0.15) is 0 Å². The largest absolute Gasteiger partial charge is 0.481 e. The third-order valence-electron chi connectivity index (χ3n) is 9.11. The molecule has 0 spiro atoms. The summed E-state index contributed by atoms with van der Waals surface area (Å²) in [4.78, 5) is 15.9. The molecule has 1 aromatic heterocycles. The highest BCUT2D eigenvalue weighted by atomic mass is 19.4. The maximum absolute atomic E-state index is 12.9. The van der Waals surface area contributed by atoms with E-state index in [9.17, 15) is 23.1 Å². The van der Waals surface area contributed by atoms with E-state index in [-0.39, 0.29) is 18.9 Å². The highest BCUT2D eigenvalue weighted by Gasteiger charge is 2.36. The Morgan fingerprint density at radius 2 is 1.41 bits per heavy atom. The summed E-state index contributed by atoms with van der Waals surface area (Å²) in [5.41, 5.74) is 5.01. The molecule has 3 rings (SSSR count). The van der Waals surface area contributed by atoms with Gasteiger partial charge >= 0.3 is 12.1 Å². The molecule has 0 aliphatic carbocycles. The van der Waals surface area contributed by atoms with Gasteiger partial charge in [-0.05, 0) is 73.3 Å². The molecule has 0 bridgehead atoms. The van der Waals surface area contributed by atoms with E-state index in [1.165, 1.54) is 57.8 Å². The van der Waals surface area contributed by atoms with Crippen molar-refractivity contribution in [2.75, 3.05) is 13.2 Å². The fourth-order valence-electron chi connectivity index (χ4n) is 6.15. The topological polar surface area (TPSA) is 68.7 Å². The van der Waals surface area contributed by atoms with Gasteiger partial charge in [-0.3, -0.25) is 4.79 Å². The van der Waals surface area contributed by atoms with Crippen molar-refractivity contribution in [3.63, 3.8) is 0 Å². The highest BCUT2D eigenvalue weighted by molar-refractivity contribution is 5.83. The number of pyridine rings is 1. The molecule has 0 saturated carbocycles. The average molecular weight is 684 g/mol. The van der Waals surface area contributed by atoms with Crippen molar-refractivity contribution in [3.8, 4) is 28.1 Å². The van der Waals surface area contributed by atoms with E-state index in [0.29, 0.717) is 38.2 Å². The van der Waals surface area contributed by atoms with Gasteiger partial charge in [-0.15, -0.1) is 0 Å². The van der Waals surface area contributed by atoms with Crippen LogP contribution < -0.4 is 4.74 Å². The molecule has 2 unspecified atom stereocenters. The summed E-state index contributed by atoms with van der Waals surface area (Å²) < 4.78 is 49.8. The molecule has 0 aliphatic heterocycles. The number of alkyl halides is 3. The molecule has 5 nitrogen and oxygen atoms in total. The Morgan fingerprint density at radius 3 is 2.02 bits per heavy atom. The number of carboxylic acids is 1. The number of benzene rings is 2. The van der Waals surface area contributed by atoms with Gasteiger partial charge in [-0.1, -0.05) is 120 Å². The Bertz CT molecular complexity index is 1330. The number of aromatic nitrogens is 1. The van der Waals surface area contributed by atoms with Gasteiger partial charge in [0.2, 0.25) is 5.88 Å². The van der Waals surface area contributed by atoms with Crippen LogP contribution in [0, 0.1) is 0 Å². The molecule has 0 fully saturated rings. The van der Waals surface area contributed by atoms with Gasteiger partial charge in [0.05, 0.1) is 6.61 Å². The molecule has 1 N–H and O–H groups in total. The van der Waals surface area contributed by atoms with Gasteiger partial charge in [-0.25, -0.2) is 4.98 Å². The lowest BCUT2D eigenvalue weighted by atomic mass is 9.85. The highest BCUT2D eigenvalue weighted by Crippen LogP contribution is 2.37. The number of unbranched alkanes of at least 4 members (excludes halogenated alkanes) is 10. The average Bonchev–Trinajstić information content (AvgIpc) is 3.09. The van der Waals surface area contributed by atoms with Crippen LogP contribution in [0.5, 0.6) is 5.88 Å². The molecule has 8 heteroatoms. The van der Waals surface area contributed by atoms with Crippen LogP contribution in [-0.2, 0) is 9.53 Å². The van der Waals surface area contributed by atoms with Gasteiger partial charge in [0.25, 0.3) is 0 Å². The van der Waals surface area contributed by atoms with Crippen LogP contribution in [0.4, 0.5) is 13.2 Å². The maximum Gasteiger partial charge on any atom is 0.414 e. The number of carbonyl (C=O) groups is 1. The molecule has 0 aliphatic rings. The summed E-state index contributed by atoms with van der Waals surface area (Å²) in [6, 6.07) is 20.2. The number of hydrogen-bond donors (Lipinski definition) is 1. The van der Waals surface area contributed by atoms with Crippen LogP contribution in [-0.4, -0.2) is 41.6 Å². The molecule has 0 amide bonds. The lowest BCUT2D eigenvalue weighted by molar-refractivity contribution is -0.214. The fraction of sp³-hybridized carbons (Fsp3) is 0.561. The molecule has 2 atom stereocenters. The summed E-state index contributed by atoms with van der Waals surface area (Å²) in [6.07, 6.45) is 11.8. The van der Waals surface area contributed by atoms with Crippen molar-refractivity contribution >= 4 is 5.97 Å². The first-order chi connectivity index (χ1) is 23.7. The van der Waals surface area contributed by atoms with Crippen molar-refractivity contribution in [1.29, 1.82) is 0 Å². The Labute approximate surface area is 291 Å². The summed E-state index contributed by atoms with van der Waals surface area (Å²) in [5.74, 6) is -0.306. The first kappa shape index (κ1) is 40.0. The number of rotatable bonds is 25. The second-order valence-corrected chi connectivity index (χ2v) is 13.1. The fourth-order valence-corrected chi connectivity index (χ4v) is 6.15. The lowest BCUT2D eigenvalue weighted by Gasteiger charge is -2.21. The predicted molar refractivity (Wildman–Crippen MR) is 192 cm³/mol. The number of halogens is 3. The Balaban J connectivity index is 1.65. The second kappa shape index (κ2) is 22.4. The Morgan fingerprint density at radius 1 is 0.755 bits per heavy atom. The van der Waals surface area contributed by atoms with E-state index in [1.54, 1.807) is 0 Å². The minimum Gasteiger partial charge on any atom is -0.481 e. The molecule has 0 radical (unpaired) electrons. The van der Waals surface area contributed by atoms with Crippen LogP contribution in [0.1, 0.15) is 128 Å². The summed E-state index contributed by atoms with van der Waals surface area (Å²) in [6.45, 7) is 3.89. The second-order valence-electron chi connectivity index (χ2n) is 13.1. The minimum absolute atomic E-state index is 0.0182. The smallest absolute Gasteiger partial charge is 0.414 e. The lowest BCUT2D eigenvalue weighted by Crippen LogP contribution is -2.28. The van der Waals surface area contributed by atoms with Crippen LogP contribution in [0.25, 0.3) is 22.3 Å². The first-order valence-electron chi connectivity index (χ1n) is 18.4. The van der Waals surface area contributed by atoms with E-state index < -0.39 is 18.2 Å². The molecule has 0 saturated heterocycles. The van der Waals surface area contributed by atoms with Crippen molar-refractivity contribution in [2.45, 2.75) is 135 Å². The van der Waals surface area contributed by atoms with E-state index in [1.807, 2.05) is 36.5 Å². The SMILES string of the molecule is CCCCCCCCCCCCCOc1ccc(-c2cc(C(CCCOC(C)C(F)(F)F)CCCC(=O)O)ccc2-c2ccccc2)cn1. The van der Waals surface area contributed by atoms with E-state index in [0.717, 1.165) is 47.6 Å². The number of aliphatic carboxylic acids is 1.